The molecule has 0 saturated heterocycles. The van der Waals surface area contributed by atoms with E-state index in [2.05, 4.69) is 5.10 Å². The first-order valence-corrected chi connectivity index (χ1v) is 9.69. The van der Waals surface area contributed by atoms with Crippen molar-refractivity contribution in [1.82, 2.24) is 9.78 Å². The summed E-state index contributed by atoms with van der Waals surface area (Å²) in [6, 6.07) is 16.5. The Kier molecular flexibility index (Phi) is 5.88. The number of benzene rings is 3. The van der Waals surface area contributed by atoms with E-state index in [0.717, 1.165) is 28.9 Å². The molecule has 0 amide bonds. The number of alkyl halides is 3. The maximum Gasteiger partial charge on any atom is 0.435 e. The highest BCUT2D eigenvalue weighted by atomic mass is 35.5. The van der Waals surface area contributed by atoms with Crippen LogP contribution >= 0.6 is 11.6 Å². The van der Waals surface area contributed by atoms with Gasteiger partial charge in [0.15, 0.2) is 5.69 Å². The molecular weight excluding hydrogens is 451 g/mol. The summed E-state index contributed by atoms with van der Waals surface area (Å²) >= 11 is 6.13. The van der Waals surface area contributed by atoms with Gasteiger partial charge in [0, 0.05) is 5.56 Å². The normalized spacial score (nSPS) is 11.6. The highest BCUT2D eigenvalue weighted by Crippen LogP contribution is 2.32. The van der Waals surface area contributed by atoms with Gasteiger partial charge < -0.3 is 4.74 Å². The second-order valence-corrected chi connectivity index (χ2v) is 7.23. The van der Waals surface area contributed by atoms with Crippen LogP contribution in [0.5, 0.6) is 5.75 Å². The van der Waals surface area contributed by atoms with Crippen LogP contribution in [0.25, 0.3) is 16.8 Å². The third-order valence-corrected chi connectivity index (χ3v) is 4.95. The monoisotopic (exact) mass is 464 g/mol. The van der Waals surface area contributed by atoms with Crippen molar-refractivity contribution in [2.75, 3.05) is 0 Å². The molecule has 1 heterocycles. The smallest absolute Gasteiger partial charge is 0.435 e. The second-order valence-electron chi connectivity index (χ2n) is 6.82. The fourth-order valence-corrected chi connectivity index (χ4v) is 3.32. The lowest BCUT2D eigenvalue weighted by Gasteiger charge is -2.11. The summed E-state index contributed by atoms with van der Waals surface area (Å²) in [5.74, 6) is -0.829. The average Bonchev–Trinajstić information content (AvgIpc) is 3.19. The first kappa shape index (κ1) is 21.8. The molecule has 0 aliphatic rings. The van der Waals surface area contributed by atoms with Crippen molar-refractivity contribution >= 4 is 11.6 Å². The molecule has 1 aromatic heterocycles. The number of aromatic nitrogens is 2. The molecule has 0 fully saturated rings. The van der Waals surface area contributed by atoms with Gasteiger partial charge in [0.2, 0.25) is 0 Å². The molecule has 0 spiro atoms. The predicted octanol–water partition coefficient (Wildman–Crippen LogP) is 7.07. The number of rotatable bonds is 5. The highest BCUT2D eigenvalue weighted by Gasteiger charge is 2.35. The van der Waals surface area contributed by atoms with Crippen LogP contribution < -0.4 is 4.74 Å². The van der Waals surface area contributed by atoms with Crippen molar-refractivity contribution in [1.29, 1.82) is 0 Å². The van der Waals surface area contributed by atoms with Crippen LogP contribution in [0.15, 0.2) is 72.8 Å². The fraction of sp³-hybridized carbons (Fsp3) is 0.0870. The molecule has 0 aliphatic carbocycles. The molecule has 4 aromatic rings. The van der Waals surface area contributed by atoms with Gasteiger partial charge in [-0.25, -0.2) is 13.5 Å². The molecule has 0 saturated carbocycles. The number of hydrogen-bond donors (Lipinski definition) is 0. The maximum absolute atomic E-state index is 14.0. The van der Waals surface area contributed by atoms with Crippen LogP contribution in [-0.2, 0) is 12.8 Å². The molecule has 4 rings (SSSR count). The van der Waals surface area contributed by atoms with E-state index in [9.17, 15) is 22.0 Å². The number of ether oxygens (including phenoxy) is 1. The Balaban J connectivity index is 1.59. The van der Waals surface area contributed by atoms with Gasteiger partial charge in [0.25, 0.3) is 0 Å². The van der Waals surface area contributed by atoms with Crippen LogP contribution in [0.2, 0.25) is 5.02 Å². The van der Waals surface area contributed by atoms with E-state index < -0.39 is 23.5 Å². The van der Waals surface area contributed by atoms with Crippen molar-refractivity contribution < 1.29 is 26.7 Å². The zero-order valence-corrected chi connectivity index (χ0v) is 17.0. The number of hydrogen-bond acceptors (Lipinski definition) is 2. The Morgan fingerprint density at radius 1 is 0.906 bits per heavy atom. The average molecular weight is 465 g/mol. The van der Waals surface area contributed by atoms with Crippen molar-refractivity contribution in [3.63, 3.8) is 0 Å². The van der Waals surface area contributed by atoms with Crippen LogP contribution in [0.4, 0.5) is 22.0 Å². The number of halogens is 6. The Bertz CT molecular complexity index is 1250. The van der Waals surface area contributed by atoms with Crippen molar-refractivity contribution in [2.24, 2.45) is 0 Å². The van der Waals surface area contributed by atoms with E-state index in [1.54, 1.807) is 24.3 Å². The molecule has 3 aromatic carbocycles. The number of para-hydroxylation sites is 1. The largest absolute Gasteiger partial charge is 0.487 e. The topological polar surface area (TPSA) is 27.1 Å². The van der Waals surface area contributed by atoms with E-state index in [0.29, 0.717) is 11.3 Å². The Hall–Kier alpha value is -3.39. The fourth-order valence-electron chi connectivity index (χ4n) is 3.10. The van der Waals surface area contributed by atoms with E-state index in [1.807, 2.05) is 0 Å². The van der Waals surface area contributed by atoms with Gasteiger partial charge in [-0.05, 0) is 54.1 Å². The lowest BCUT2D eigenvalue weighted by atomic mass is 10.0. The van der Waals surface area contributed by atoms with Crippen LogP contribution in [0.3, 0.4) is 0 Å². The van der Waals surface area contributed by atoms with Crippen LogP contribution in [0, 0.1) is 11.6 Å². The maximum atomic E-state index is 14.0. The second kappa shape index (κ2) is 8.63. The SMILES string of the molecule is Fc1ccc(F)c(-c2ccc(OCc3cc(C(F)(F)F)nn3-c3ccccc3Cl)cc2)c1. The van der Waals surface area contributed by atoms with Gasteiger partial charge in [-0.1, -0.05) is 35.9 Å². The molecule has 0 atom stereocenters. The van der Waals surface area contributed by atoms with Gasteiger partial charge in [-0.2, -0.15) is 18.3 Å². The van der Waals surface area contributed by atoms with Crippen molar-refractivity contribution in [2.45, 2.75) is 12.8 Å². The lowest BCUT2D eigenvalue weighted by molar-refractivity contribution is -0.141. The third kappa shape index (κ3) is 4.60. The van der Waals surface area contributed by atoms with Gasteiger partial charge in [-0.15, -0.1) is 0 Å². The van der Waals surface area contributed by atoms with Crippen LogP contribution in [0.1, 0.15) is 11.4 Å². The molecule has 0 unspecified atom stereocenters. The summed E-state index contributed by atoms with van der Waals surface area (Å²) in [5, 5.41) is 3.88. The highest BCUT2D eigenvalue weighted by molar-refractivity contribution is 6.32. The standard InChI is InChI=1S/C23H14ClF5N2O/c24-19-3-1-2-4-21(19)31-16(12-22(30-31)23(27,28)29)13-32-17-8-5-14(6-9-17)18-11-15(25)7-10-20(18)26/h1-12H,13H2. The molecule has 3 nitrogen and oxygen atoms in total. The predicted molar refractivity (Wildman–Crippen MR) is 110 cm³/mol. The van der Waals surface area contributed by atoms with Gasteiger partial charge in [-0.3, -0.25) is 0 Å². The Morgan fingerprint density at radius 2 is 1.62 bits per heavy atom. The van der Waals surface area contributed by atoms with Gasteiger partial charge in [0.05, 0.1) is 16.4 Å². The zero-order chi connectivity index (χ0) is 22.9. The minimum Gasteiger partial charge on any atom is -0.487 e. The number of nitrogens with zero attached hydrogens (tertiary/aromatic N) is 2. The summed E-state index contributed by atoms with van der Waals surface area (Å²) in [4.78, 5) is 0. The molecule has 164 valence electrons. The summed E-state index contributed by atoms with van der Waals surface area (Å²) in [6.45, 7) is -0.234. The van der Waals surface area contributed by atoms with Gasteiger partial charge >= 0.3 is 6.18 Å². The third-order valence-electron chi connectivity index (χ3n) is 4.63. The Labute approximate surface area is 184 Å². The van der Waals surface area contributed by atoms with E-state index in [1.165, 1.54) is 24.3 Å². The molecule has 0 aliphatic heterocycles. The molecule has 0 N–H and O–H groups in total. The minimum absolute atomic E-state index is 0.0863. The molecule has 0 bridgehead atoms. The zero-order valence-electron chi connectivity index (χ0n) is 16.2. The summed E-state index contributed by atoms with van der Waals surface area (Å²) < 4.78 is 73.7. The lowest BCUT2D eigenvalue weighted by Crippen LogP contribution is -2.08. The van der Waals surface area contributed by atoms with Crippen LogP contribution in [-0.4, -0.2) is 9.78 Å². The summed E-state index contributed by atoms with van der Waals surface area (Å²) in [7, 11) is 0. The molecule has 0 radical (unpaired) electrons. The van der Waals surface area contributed by atoms with Crippen molar-refractivity contribution in [3.05, 3.63) is 101 Å². The minimum atomic E-state index is -4.64. The van der Waals surface area contributed by atoms with E-state index in [-0.39, 0.29) is 28.6 Å². The summed E-state index contributed by atoms with van der Waals surface area (Å²) in [5.41, 5.74) is -0.156. The summed E-state index contributed by atoms with van der Waals surface area (Å²) in [6.07, 6.45) is -4.64. The Morgan fingerprint density at radius 3 is 2.31 bits per heavy atom. The molecule has 9 heteroatoms. The first-order chi connectivity index (χ1) is 15.2. The van der Waals surface area contributed by atoms with E-state index in [4.69, 9.17) is 16.3 Å². The molecular formula is C23H14ClF5N2O. The van der Waals surface area contributed by atoms with Crippen molar-refractivity contribution in [3.8, 4) is 22.6 Å². The van der Waals surface area contributed by atoms with Gasteiger partial charge in [0.1, 0.15) is 24.0 Å². The quantitative estimate of drug-likeness (QED) is 0.295. The molecule has 32 heavy (non-hydrogen) atoms. The van der Waals surface area contributed by atoms with E-state index >= 15 is 0 Å². The first-order valence-electron chi connectivity index (χ1n) is 9.32.